The molecule has 0 saturated heterocycles. The third-order valence-electron chi connectivity index (χ3n) is 7.99. The van der Waals surface area contributed by atoms with E-state index in [4.69, 9.17) is 19.3 Å². The summed E-state index contributed by atoms with van der Waals surface area (Å²) < 4.78 is 16.5. The molecule has 0 aliphatic heterocycles. The number of rotatable bonds is 37. The Morgan fingerprint density at radius 3 is 1.46 bits per heavy atom. The first-order valence-corrected chi connectivity index (χ1v) is 20.0. The molecular weight excluding hydrogens is 712 g/mol. The Bertz CT molecular complexity index is 883. The third-order valence-corrected chi connectivity index (χ3v) is 8.50. The van der Waals surface area contributed by atoms with Gasteiger partial charge in [-0.2, -0.15) is 0 Å². The molecule has 0 radical (unpaired) electrons. The Morgan fingerprint density at radius 1 is 0.540 bits per heavy atom. The molecule has 1 unspecified atom stereocenters. The number of hydrogen-bond acceptors (Lipinski definition) is 8. The minimum atomic E-state index is -0.691. The SMILES string of the molecule is CCC(=O)NCCCC(NC(=O)CBr)C(=O)NCCOCCOCCOCCNC(=O)CCCCCCCCCCCCCCCCC(=O)O. The first kappa shape index (κ1) is 47.7. The summed E-state index contributed by atoms with van der Waals surface area (Å²) in [5.74, 6) is -1.26. The van der Waals surface area contributed by atoms with Gasteiger partial charge in [0, 0.05) is 38.9 Å². The van der Waals surface area contributed by atoms with Crippen LogP contribution >= 0.6 is 15.9 Å². The minimum Gasteiger partial charge on any atom is -0.481 e. The van der Waals surface area contributed by atoms with Gasteiger partial charge in [-0.3, -0.25) is 24.0 Å². The number of halogens is 1. The zero-order valence-corrected chi connectivity index (χ0v) is 32.3. The van der Waals surface area contributed by atoms with Crippen molar-refractivity contribution in [1.29, 1.82) is 0 Å². The fourth-order valence-corrected chi connectivity index (χ4v) is 5.27. The van der Waals surface area contributed by atoms with Crippen LogP contribution in [0.25, 0.3) is 0 Å². The van der Waals surface area contributed by atoms with Crippen molar-refractivity contribution in [2.24, 2.45) is 0 Å². The van der Waals surface area contributed by atoms with Crippen molar-refractivity contribution in [2.45, 2.75) is 135 Å². The van der Waals surface area contributed by atoms with Gasteiger partial charge in [0.25, 0.3) is 0 Å². The Kier molecular flexibility index (Phi) is 34.8. The summed E-state index contributed by atoms with van der Waals surface area (Å²) in [5.41, 5.74) is 0. The number of carbonyl (C=O) groups is 5. The molecule has 0 aromatic carbocycles. The first-order valence-electron chi connectivity index (χ1n) is 18.9. The number of unbranched alkanes of at least 4 members (excludes halogenated alkanes) is 13. The van der Waals surface area contributed by atoms with Crippen LogP contribution in [-0.4, -0.2) is 105 Å². The van der Waals surface area contributed by atoms with Crippen LogP contribution in [0.1, 0.15) is 129 Å². The molecule has 5 N–H and O–H groups in total. The van der Waals surface area contributed by atoms with Crippen LogP contribution in [0.3, 0.4) is 0 Å². The van der Waals surface area contributed by atoms with Gasteiger partial charge in [0.15, 0.2) is 0 Å². The largest absolute Gasteiger partial charge is 0.481 e. The standard InChI is InChI=1S/C36H67BrN4O9/c1-2-32(42)38-21-17-18-31(41-34(44)30-37)36(47)40-23-25-49-27-29-50-28-26-48-24-22-39-33(43)19-15-13-11-9-7-5-3-4-6-8-10-12-14-16-20-35(45)46/h31H,2-30H2,1H3,(H,38,42)(H,39,43)(H,40,47)(H,41,44)(H,45,46). The van der Waals surface area contributed by atoms with E-state index in [1.165, 1.54) is 57.8 Å². The minimum absolute atomic E-state index is 0.0523. The molecule has 0 aliphatic carbocycles. The van der Waals surface area contributed by atoms with E-state index in [0.29, 0.717) is 91.4 Å². The Labute approximate surface area is 309 Å². The Balaban J connectivity index is 3.51. The Morgan fingerprint density at radius 2 is 0.980 bits per heavy atom. The summed E-state index contributed by atoms with van der Waals surface area (Å²) in [4.78, 5) is 58.1. The van der Waals surface area contributed by atoms with E-state index >= 15 is 0 Å². The number of nitrogens with one attached hydrogen (secondary N) is 4. The van der Waals surface area contributed by atoms with E-state index in [1.807, 2.05) is 0 Å². The second-order valence-electron chi connectivity index (χ2n) is 12.4. The molecule has 0 aromatic heterocycles. The summed E-state index contributed by atoms with van der Waals surface area (Å²) in [6, 6.07) is -0.685. The van der Waals surface area contributed by atoms with Crippen LogP contribution in [0.5, 0.6) is 0 Å². The highest BCUT2D eigenvalue weighted by Crippen LogP contribution is 2.13. The zero-order valence-electron chi connectivity index (χ0n) is 30.7. The first-order chi connectivity index (χ1) is 24.3. The number of hydrogen-bond donors (Lipinski definition) is 5. The molecule has 0 aromatic rings. The van der Waals surface area contributed by atoms with Gasteiger partial charge < -0.3 is 40.6 Å². The normalized spacial score (nSPS) is 11.6. The molecule has 13 nitrogen and oxygen atoms in total. The number of carbonyl (C=O) groups excluding carboxylic acids is 4. The maximum absolute atomic E-state index is 12.5. The van der Waals surface area contributed by atoms with Crippen molar-refractivity contribution in [3.8, 4) is 0 Å². The smallest absolute Gasteiger partial charge is 0.303 e. The highest BCUT2D eigenvalue weighted by Gasteiger charge is 2.19. The van der Waals surface area contributed by atoms with Crippen molar-refractivity contribution in [3.05, 3.63) is 0 Å². The van der Waals surface area contributed by atoms with E-state index in [0.717, 1.165) is 32.1 Å². The molecule has 14 heteroatoms. The lowest BCUT2D eigenvalue weighted by atomic mass is 10.0. The van der Waals surface area contributed by atoms with Gasteiger partial charge in [-0.15, -0.1) is 0 Å². The molecule has 4 amide bonds. The molecule has 292 valence electrons. The molecule has 1 atom stereocenters. The van der Waals surface area contributed by atoms with E-state index in [2.05, 4.69) is 37.2 Å². The number of aliphatic carboxylic acids is 1. The summed E-state index contributed by atoms with van der Waals surface area (Å²) in [7, 11) is 0. The van der Waals surface area contributed by atoms with Crippen LogP contribution in [-0.2, 0) is 38.2 Å². The van der Waals surface area contributed by atoms with E-state index in [9.17, 15) is 24.0 Å². The van der Waals surface area contributed by atoms with Gasteiger partial charge in [-0.25, -0.2) is 0 Å². The molecule has 0 saturated carbocycles. The summed E-state index contributed by atoms with van der Waals surface area (Å²) >= 11 is 3.09. The fraction of sp³-hybridized carbons (Fsp3) is 0.861. The monoisotopic (exact) mass is 778 g/mol. The second-order valence-corrected chi connectivity index (χ2v) is 13.0. The van der Waals surface area contributed by atoms with E-state index in [1.54, 1.807) is 6.92 Å². The van der Waals surface area contributed by atoms with Crippen LogP contribution in [0.2, 0.25) is 0 Å². The average molecular weight is 780 g/mol. The highest BCUT2D eigenvalue weighted by atomic mass is 79.9. The molecule has 0 bridgehead atoms. The van der Waals surface area contributed by atoms with Crippen LogP contribution in [0.4, 0.5) is 0 Å². The zero-order chi connectivity index (χ0) is 36.9. The van der Waals surface area contributed by atoms with Gasteiger partial charge in [0.1, 0.15) is 6.04 Å². The van der Waals surface area contributed by atoms with Crippen LogP contribution in [0.15, 0.2) is 0 Å². The summed E-state index contributed by atoms with van der Waals surface area (Å²) in [6.45, 7) is 5.32. The van der Waals surface area contributed by atoms with E-state index < -0.39 is 12.0 Å². The van der Waals surface area contributed by atoms with Crippen molar-refractivity contribution in [1.82, 2.24) is 21.3 Å². The van der Waals surface area contributed by atoms with Gasteiger partial charge in [0.2, 0.25) is 23.6 Å². The summed E-state index contributed by atoms with van der Waals surface area (Å²) in [5, 5.41) is 19.8. The third kappa shape index (κ3) is 34.2. The number of alkyl halides is 1. The van der Waals surface area contributed by atoms with Gasteiger partial charge in [-0.05, 0) is 25.7 Å². The van der Waals surface area contributed by atoms with Crippen molar-refractivity contribution in [2.75, 3.05) is 64.6 Å². The quantitative estimate of drug-likeness (QED) is 0.0438. The number of carboxylic acid groups (broad SMARTS) is 1. The average Bonchev–Trinajstić information content (AvgIpc) is 3.10. The van der Waals surface area contributed by atoms with Crippen LogP contribution < -0.4 is 21.3 Å². The topological polar surface area (TPSA) is 181 Å². The maximum Gasteiger partial charge on any atom is 0.303 e. The highest BCUT2D eigenvalue weighted by molar-refractivity contribution is 9.09. The maximum atomic E-state index is 12.5. The second kappa shape index (κ2) is 36.5. The molecule has 0 aliphatic rings. The van der Waals surface area contributed by atoms with Gasteiger partial charge >= 0.3 is 5.97 Å². The number of ether oxygens (including phenoxy) is 3. The molecule has 0 rings (SSSR count). The van der Waals surface area contributed by atoms with E-state index in [-0.39, 0.29) is 29.0 Å². The van der Waals surface area contributed by atoms with Gasteiger partial charge in [0.05, 0.1) is 45.0 Å². The number of carboxylic acids is 1. The lowest BCUT2D eigenvalue weighted by Crippen LogP contribution is -2.48. The van der Waals surface area contributed by atoms with Crippen molar-refractivity contribution < 1.29 is 43.3 Å². The number of amides is 4. The summed E-state index contributed by atoms with van der Waals surface area (Å²) in [6.07, 6.45) is 18.5. The molecular formula is C36H67BrN4O9. The lowest BCUT2D eigenvalue weighted by molar-refractivity contribution is -0.137. The van der Waals surface area contributed by atoms with Crippen molar-refractivity contribution in [3.63, 3.8) is 0 Å². The Hall–Kier alpha value is -2.29. The molecule has 0 spiro atoms. The van der Waals surface area contributed by atoms with Crippen molar-refractivity contribution >= 4 is 45.5 Å². The lowest BCUT2D eigenvalue weighted by Gasteiger charge is -2.18. The molecule has 50 heavy (non-hydrogen) atoms. The van der Waals surface area contributed by atoms with Crippen LogP contribution in [0, 0.1) is 0 Å². The molecule has 0 heterocycles. The fourth-order valence-electron chi connectivity index (χ4n) is 5.11. The molecule has 0 fully saturated rings. The predicted octanol–water partition coefficient (Wildman–Crippen LogP) is 4.78. The predicted molar refractivity (Wildman–Crippen MR) is 198 cm³/mol. The van der Waals surface area contributed by atoms with Gasteiger partial charge in [-0.1, -0.05) is 99.9 Å².